The van der Waals surface area contributed by atoms with Gasteiger partial charge in [-0.25, -0.2) is 0 Å². The number of para-hydroxylation sites is 1. The third-order valence-corrected chi connectivity index (χ3v) is 3.25. The lowest BCUT2D eigenvalue weighted by atomic mass is 10.1. The van der Waals surface area contributed by atoms with Crippen LogP contribution in [0.2, 0.25) is 0 Å². The Kier molecular flexibility index (Phi) is 6.98. The Morgan fingerprint density at radius 3 is 2.35 bits per heavy atom. The molecule has 0 fully saturated rings. The summed E-state index contributed by atoms with van der Waals surface area (Å²) >= 11 is 0. The first-order chi connectivity index (χ1) is 11.3. The summed E-state index contributed by atoms with van der Waals surface area (Å²) in [6, 6.07) is 17.3. The van der Waals surface area contributed by atoms with Crippen molar-refractivity contribution in [1.29, 1.82) is 0 Å². The van der Waals surface area contributed by atoms with Gasteiger partial charge in [0.15, 0.2) is 0 Å². The highest BCUT2D eigenvalue weighted by Gasteiger charge is 2.03. The van der Waals surface area contributed by atoms with Gasteiger partial charge in [0.2, 0.25) is 5.91 Å². The van der Waals surface area contributed by atoms with Crippen molar-refractivity contribution in [2.24, 2.45) is 0 Å². The van der Waals surface area contributed by atoms with Crippen LogP contribution in [-0.2, 0) is 11.2 Å². The van der Waals surface area contributed by atoms with Crippen LogP contribution >= 0.6 is 0 Å². The standard InChI is InChI=1S/C19H23NO3/c1-2-22-18-11-9-16(10-12-18)15-19(21)20-13-6-14-23-17-7-4-3-5-8-17/h3-5,7-12H,2,6,13-15H2,1H3,(H,20,21). The molecule has 122 valence electrons. The van der Waals surface area contributed by atoms with Crippen LogP contribution < -0.4 is 14.8 Å². The highest BCUT2D eigenvalue weighted by atomic mass is 16.5. The van der Waals surface area contributed by atoms with Crippen molar-refractivity contribution in [3.8, 4) is 11.5 Å². The molecule has 2 rings (SSSR count). The number of nitrogens with one attached hydrogen (secondary N) is 1. The minimum Gasteiger partial charge on any atom is -0.494 e. The molecule has 0 aromatic heterocycles. The van der Waals surface area contributed by atoms with Crippen molar-refractivity contribution >= 4 is 5.91 Å². The quantitative estimate of drug-likeness (QED) is 0.723. The number of rotatable bonds is 9. The number of amides is 1. The number of benzene rings is 2. The molecular formula is C19H23NO3. The lowest BCUT2D eigenvalue weighted by Gasteiger charge is -2.08. The Hall–Kier alpha value is -2.49. The molecule has 2 aromatic carbocycles. The van der Waals surface area contributed by atoms with Crippen molar-refractivity contribution in [3.63, 3.8) is 0 Å². The molecule has 0 aliphatic carbocycles. The van der Waals surface area contributed by atoms with Gasteiger partial charge in [0, 0.05) is 6.54 Å². The van der Waals surface area contributed by atoms with E-state index in [4.69, 9.17) is 9.47 Å². The largest absolute Gasteiger partial charge is 0.494 e. The van der Waals surface area contributed by atoms with Gasteiger partial charge in [-0.1, -0.05) is 30.3 Å². The van der Waals surface area contributed by atoms with E-state index in [9.17, 15) is 4.79 Å². The Labute approximate surface area is 137 Å². The summed E-state index contributed by atoms with van der Waals surface area (Å²) in [6.45, 7) is 3.80. The fraction of sp³-hybridized carbons (Fsp3) is 0.316. The van der Waals surface area contributed by atoms with Gasteiger partial charge in [0.25, 0.3) is 0 Å². The zero-order valence-electron chi connectivity index (χ0n) is 13.5. The summed E-state index contributed by atoms with van der Waals surface area (Å²) in [7, 11) is 0. The third-order valence-electron chi connectivity index (χ3n) is 3.25. The molecule has 0 unspecified atom stereocenters. The van der Waals surface area contributed by atoms with Gasteiger partial charge in [-0.05, 0) is 43.2 Å². The van der Waals surface area contributed by atoms with Gasteiger partial charge in [-0.2, -0.15) is 0 Å². The molecule has 2 aromatic rings. The Morgan fingerprint density at radius 1 is 0.957 bits per heavy atom. The minimum absolute atomic E-state index is 0.0221. The summed E-state index contributed by atoms with van der Waals surface area (Å²) in [5, 5.41) is 2.91. The van der Waals surface area contributed by atoms with Crippen LogP contribution in [0.3, 0.4) is 0 Å². The molecule has 0 bridgehead atoms. The molecule has 0 aliphatic rings. The number of hydrogen-bond donors (Lipinski definition) is 1. The SMILES string of the molecule is CCOc1ccc(CC(=O)NCCCOc2ccccc2)cc1. The maximum absolute atomic E-state index is 11.9. The molecule has 0 spiro atoms. The van der Waals surface area contributed by atoms with Crippen LogP contribution in [0.5, 0.6) is 11.5 Å². The number of ether oxygens (including phenoxy) is 2. The first-order valence-electron chi connectivity index (χ1n) is 7.94. The van der Waals surface area contributed by atoms with Crippen molar-refractivity contribution in [2.45, 2.75) is 19.8 Å². The van der Waals surface area contributed by atoms with Gasteiger partial charge >= 0.3 is 0 Å². The van der Waals surface area contributed by atoms with E-state index in [1.165, 1.54) is 0 Å². The van der Waals surface area contributed by atoms with E-state index in [-0.39, 0.29) is 5.91 Å². The van der Waals surface area contributed by atoms with Crippen LogP contribution in [0.4, 0.5) is 0 Å². The second kappa shape index (κ2) is 9.51. The van der Waals surface area contributed by atoms with Crippen LogP contribution in [-0.4, -0.2) is 25.7 Å². The van der Waals surface area contributed by atoms with Gasteiger partial charge in [-0.3, -0.25) is 4.79 Å². The lowest BCUT2D eigenvalue weighted by molar-refractivity contribution is -0.120. The Balaban J connectivity index is 1.61. The van der Waals surface area contributed by atoms with Crippen molar-refractivity contribution < 1.29 is 14.3 Å². The molecule has 0 heterocycles. The summed E-state index contributed by atoms with van der Waals surface area (Å²) < 4.78 is 11.0. The Morgan fingerprint density at radius 2 is 1.65 bits per heavy atom. The van der Waals surface area contributed by atoms with Gasteiger partial charge in [0.05, 0.1) is 19.6 Å². The van der Waals surface area contributed by atoms with Gasteiger partial charge in [0.1, 0.15) is 11.5 Å². The topological polar surface area (TPSA) is 47.6 Å². The molecular weight excluding hydrogens is 290 g/mol. The van der Waals surface area contributed by atoms with Crippen LogP contribution in [0.15, 0.2) is 54.6 Å². The van der Waals surface area contributed by atoms with Gasteiger partial charge in [-0.15, -0.1) is 0 Å². The maximum Gasteiger partial charge on any atom is 0.224 e. The highest BCUT2D eigenvalue weighted by molar-refractivity contribution is 5.78. The van der Waals surface area contributed by atoms with E-state index in [0.29, 0.717) is 26.2 Å². The first kappa shape index (κ1) is 16.9. The van der Waals surface area contributed by atoms with Crippen molar-refractivity contribution in [1.82, 2.24) is 5.32 Å². The van der Waals surface area contributed by atoms with Crippen molar-refractivity contribution in [3.05, 3.63) is 60.2 Å². The van der Waals surface area contributed by atoms with E-state index in [0.717, 1.165) is 23.5 Å². The molecule has 4 nitrogen and oxygen atoms in total. The second-order valence-corrected chi connectivity index (χ2v) is 5.12. The molecule has 1 N–H and O–H groups in total. The fourth-order valence-corrected chi connectivity index (χ4v) is 2.12. The minimum atomic E-state index is 0.0221. The summed E-state index contributed by atoms with van der Waals surface area (Å²) in [5.41, 5.74) is 0.978. The van der Waals surface area contributed by atoms with Crippen LogP contribution in [0, 0.1) is 0 Å². The van der Waals surface area contributed by atoms with Gasteiger partial charge < -0.3 is 14.8 Å². The monoisotopic (exact) mass is 313 g/mol. The van der Waals surface area contributed by atoms with Crippen molar-refractivity contribution in [2.75, 3.05) is 19.8 Å². The molecule has 0 atom stereocenters. The summed E-state index contributed by atoms with van der Waals surface area (Å²) in [4.78, 5) is 11.9. The molecule has 1 amide bonds. The predicted octanol–water partition coefficient (Wildman–Crippen LogP) is 3.21. The maximum atomic E-state index is 11.9. The van der Waals surface area contributed by atoms with E-state index in [1.54, 1.807) is 0 Å². The summed E-state index contributed by atoms with van der Waals surface area (Å²) in [5.74, 6) is 1.71. The lowest BCUT2D eigenvalue weighted by Crippen LogP contribution is -2.27. The molecule has 4 heteroatoms. The molecule has 23 heavy (non-hydrogen) atoms. The molecule has 0 radical (unpaired) electrons. The number of carbonyl (C=O) groups is 1. The predicted molar refractivity (Wildman–Crippen MR) is 90.9 cm³/mol. The third kappa shape index (κ3) is 6.43. The molecule has 0 aliphatic heterocycles. The highest BCUT2D eigenvalue weighted by Crippen LogP contribution is 2.12. The van der Waals surface area contributed by atoms with E-state index < -0.39 is 0 Å². The molecule has 0 saturated heterocycles. The normalized spacial score (nSPS) is 10.1. The van der Waals surface area contributed by atoms with E-state index in [1.807, 2.05) is 61.5 Å². The smallest absolute Gasteiger partial charge is 0.224 e. The fourth-order valence-electron chi connectivity index (χ4n) is 2.12. The average Bonchev–Trinajstić information content (AvgIpc) is 2.57. The molecule has 0 saturated carbocycles. The van der Waals surface area contributed by atoms with E-state index >= 15 is 0 Å². The van der Waals surface area contributed by atoms with Crippen LogP contribution in [0.1, 0.15) is 18.9 Å². The number of carbonyl (C=O) groups excluding carboxylic acids is 1. The zero-order chi connectivity index (χ0) is 16.3. The second-order valence-electron chi connectivity index (χ2n) is 5.12. The first-order valence-corrected chi connectivity index (χ1v) is 7.94. The van der Waals surface area contributed by atoms with Crippen LogP contribution in [0.25, 0.3) is 0 Å². The zero-order valence-corrected chi connectivity index (χ0v) is 13.5. The average molecular weight is 313 g/mol. The summed E-state index contributed by atoms with van der Waals surface area (Å²) in [6.07, 6.45) is 1.16. The van der Waals surface area contributed by atoms with E-state index in [2.05, 4.69) is 5.32 Å². The Bertz CT molecular complexity index is 581. The number of hydrogen-bond acceptors (Lipinski definition) is 3.